The smallest absolute Gasteiger partial charge is 0.460 e. The van der Waals surface area contributed by atoms with Gasteiger partial charge in [0, 0.05) is 23.4 Å². The maximum Gasteiger partial charge on any atom is 0.460 e. The number of rotatable bonds is 10. The summed E-state index contributed by atoms with van der Waals surface area (Å²) in [6.07, 6.45) is -5.24. The number of aromatic nitrogens is 2. The quantitative estimate of drug-likeness (QED) is 0.132. The molecule has 0 aliphatic rings. The molecule has 8 nitrogen and oxygen atoms in total. The monoisotopic (exact) mass is 740 g/mol. The summed E-state index contributed by atoms with van der Waals surface area (Å²) in [6.45, 7) is 7.41. The van der Waals surface area contributed by atoms with Crippen LogP contribution in [0.3, 0.4) is 0 Å². The Balaban J connectivity index is 1.90. The molecule has 0 radical (unpaired) electrons. The SMILES string of the molecule is CCCc1cc(-c2cc(-n3ccc(=O)[nH]c3=O)cc(C(C)(C)C)c2OC)cc2ccc(OS(=O)(=O)C(F)(F)C(F)(F)C(F)(F)C(F)(F)F)cc12. The molecule has 272 valence electrons. The molecule has 50 heavy (non-hydrogen) atoms. The number of aryl methyl sites for hydroxylation is 1. The second-order valence-electron chi connectivity index (χ2n) is 12.3. The van der Waals surface area contributed by atoms with Gasteiger partial charge in [-0.05, 0) is 64.1 Å². The fourth-order valence-corrected chi connectivity index (χ4v) is 6.06. The van der Waals surface area contributed by atoms with E-state index in [1.165, 1.54) is 17.9 Å². The predicted molar refractivity (Wildman–Crippen MR) is 165 cm³/mol. The molecule has 0 aliphatic heterocycles. The molecule has 0 saturated carbocycles. The summed E-state index contributed by atoms with van der Waals surface area (Å²) in [5.41, 5.74) is 0.416. The summed E-state index contributed by atoms with van der Waals surface area (Å²) in [5, 5.41) is -6.58. The number of hydrogen-bond donors (Lipinski definition) is 1. The van der Waals surface area contributed by atoms with Gasteiger partial charge in [-0.1, -0.05) is 46.2 Å². The van der Waals surface area contributed by atoms with Crippen molar-refractivity contribution in [2.24, 2.45) is 0 Å². The first-order chi connectivity index (χ1) is 22.8. The number of methoxy groups -OCH3 is 1. The van der Waals surface area contributed by atoms with Crippen LogP contribution in [0.4, 0.5) is 39.5 Å². The highest BCUT2D eigenvalue weighted by Gasteiger charge is 2.86. The van der Waals surface area contributed by atoms with Gasteiger partial charge in [0.05, 0.1) is 12.8 Å². The van der Waals surface area contributed by atoms with Crippen molar-refractivity contribution in [1.29, 1.82) is 0 Å². The van der Waals surface area contributed by atoms with Crippen LogP contribution in [0, 0.1) is 0 Å². The molecular weight excluding hydrogens is 711 g/mol. The number of fused-ring (bicyclic) bond motifs is 1. The molecule has 0 fully saturated rings. The molecule has 1 heterocycles. The highest BCUT2D eigenvalue weighted by molar-refractivity contribution is 7.88. The molecule has 0 aliphatic carbocycles. The van der Waals surface area contributed by atoms with E-state index in [9.17, 15) is 57.5 Å². The first kappa shape index (κ1) is 38.3. The molecule has 4 aromatic rings. The van der Waals surface area contributed by atoms with Crippen LogP contribution in [0.25, 0.3) is 27.6 Å². The fourth-order valence-electron chi connectivity index (χ4n) is 5.16. The van der Waals surface area contributed by atoms with E-state index in [0.29, 0.717) is 45.5 Å². The molecule has 0 bridgehead atoms. The number of halogens is 9. The van der Waals surface area contributed by atoms with Crippen LogP contribution in [0.15, 0.2) is 64.3 Å². The number of hydrogen-bond acceptors (Lipinski definition) is 6. The first-order valence-electron chi connectivity index (χ1n) is 14.6. The van der Waals surface area contributed by atoms with Crippen LogP contribution < -0.4 is 20.2 Å². The van der Waals surface area contributed by atoms with Crippen molar-refractivity contribution in [1.82, 2.24) is 9.55 Å². The van der Waals surface area contributed by atoms with E-state index in [2.05, 4.69) is 9.17 Å². The molecule has 0 amide bonds. The summed E-state index contributed by atoms with van der Waals surface area (Å²) in [7, 11) is -5.74. The minimum absolute atomic E-state index is 0.141. The number of ether oxygens (including phenoxy) is 1. The maximum atomic E-state index is 14.3. The van der Waals surface area contributed by atoms with E-state index in [0.717, 1.165) is 24.3 Å². The van der Waals surface area contributed by atoms with Crippen LogP contribution in [-0.4, -0.2) is 48.4 Å². The minimum atomic E-state index is -7.45. The Morgan fingerprint density at radius 1 is 0.840 bits per heavy atom. The third-order valence-electron chi connectivity index (χ3n) is 7.67. The minimum Gasteiger partial charge on any atom is -0.496 e. The summed E-state index contributed by atoms with van der Waals surface area (Å²) >= 11 is 0. The van der Waals surface area contributed by atoms with Crippen molar-refractivity contribution >= 4 is 20.9 Å². The first-order valence-corrected chi connectivity index (χ1v) is 16.0. The maximum absolute atomic E-state index is 14.3. The van der Waals surface area contributed by atoms with E-state index in [1.807, 2.05) is 20.8 Å². The molecule has 0 atom stereocenters. The average molecular weight is 741 g/mol. The van der Waals surface area contributed by atoms with Gasteiger partial charge in [0.2, 0.25) is 0 Å². The lowest BCUT2D eigenvalue weighted by molar-refractivity contribution is -0.382. The lowest BCUT2D eigenvalue weighted by Crippen LogP contribution is -2.63. The standard InChI is InChI=1S/C32H29F9N2O6S/c1-6-7-17-12-19(23-14-20(43-11-10-25(44)42-27(43)45)15-24(26(23)48-5)28(2,3)4)13-18-8-9-21(16-22(17)18)49-50(46,47)32(40,41)30(35,36)29(33,34)31(37,38)39/h8-16H,6-7H2,1-5H3,(H,42,44,45). The third-order valence-corrected chi connectivity index (χ3v) is 8.96. The van der Waals surface area contributed by atoms with Crippen LogP contribution in [0.2, 0.25) is 0 Å². The zero-order valence-electron chi connectivity index (χ0n) is 26.8. The van der Waals surface area contributed by atoms with Crippen molar-refractivity contribution in [3.05, 3.63) is 86.7 Å². The molecule has 0 spiro atoms. The zero-order chi connectivity index (χ0) is 37.8. The van der Waals surface area contributed by atoms with Crippen molar-refractivity contribution in [2.75, 3.05) is 7.11 Å². The Morgan fingerprint density at radius 3 is 2.02 bits per heavy atom. The molecule has 4 rings (SSSR count). The highest BCUT2D eigenvalue weighted by Crippen LogP contribution is 2.55. The molecular formula is C32H29F9N2O6S. The Labute approximate surface area is 278 Å². The van der Waals surface area contributed by atoms with Gasteiger partial charge in [0.25, 0.3) is 5.56 Å². The number of benzene rings is 3. The molecule has 1 N–H and O–H groups in total. The Bertz CT molecular complexity index is 2170. The lowest BCUT2D eigenvalue weighted by atomic mass is 9.83. The third kappa shape index (κ3) is 6.56. The fraction of sp³-hybridized carbons (Fsp3) is 0.375. The predicted octanol–water partition coefficient (Wildman–Crippen LogP) is 7.74. The number of H-pyrrole nitrogens is 1. The summed E-state index contributed by atoms with van der Waals surface area (Å²) in [4.78, 5) is 26.6. The van der Waals surface area contributed by atoms with Crippen molar-refractivity contribution in [2.45, 2.75) is 69.2 Å². The second-order valence-corrected chi connectivity index (χ2v) is 13.9. The molecule has 0 unspecified atom stereocenters. The summed E-state index contributed by atoms with van der Waals surface area (Å²) < 4.78 is 156. The Morgan fingerprint density at radius 2 is 1.48 bits per heavy atom. The van der Waals surface area contributed by atoms with Gasteiger partial charge in [-0.15, -0.1) is 0 Å². The summed E-state index contributed by atoms with van der Waals surface area (Å²) in [5.74, 6) is -15.6. The van der Waals surface area contributed by atoms with Crippen molar-refractivity contribution in [3.63, 3.8) is 0 Å². The molecule has 0 saturated heterocycles. The van der Waals surface area contributed by atoms with Crippen LogP contribution in [0.5, 0.6) is 11.5 Å². The van der Waals surface area contributed by atoms with Gasteiger partial charge < -0.3 is 8.92 Å². The lowest BCUT2D eigenvalue weighted by Gasteiger charge is -2.32. The van der Waals surface area contributed by atoms with Crippen LogP contribution in [0.1, 0.15) is 45.2 Å². The topological polar surface area (TPSA) is 107 Å². The number of nitrogens with zero attached hydrogens (tertiary/aromatic N) is 1. The van der Waals surface area contributed by atoms with E-state index in [-0.39, 0.29) is 11.8 Å². The number of aromatic amines is 1. The highest BCUT2D eigenvalue weighted by atomic mass is 32.2. The second kappa shape index (κ2) is 12.7. The number of nitrogens with one attached hydrogen (secondary N) is 1. The van der Waals surface area contributed by atoms with Crippen molar-refractivity contribution in [3.8, 4) is 28.3 Å². The van der Waals surface area contributed by atoms with Crippen LogP contribution >= 0.6 is 0 Å². The average Bonchev–Trinajstić information content (AvgIpc) is 2.99. The van der Waals surface area contributed by atoms with Crippen LogP contribution in [-0.2, 0) is 22.0 Å². The van der Waals surface area contributed by atoms with E-state index >= 15 is 0 Å². The largest absolute Gasteiger partial charge is 0.496 e. The van der Waals surface area contributed by atoms with Gasteiger partial charge in [-0.3, -0.25) is 14.3 Å². The Hall–Kier alpha value is -4.48. The van der Waals surface area contributed by atoms with E-state index in [1.54, 1.807) is 31.2 Å². The molecule has 18 heteroatoms. The van der Waals surface area contributed by atoms with Gasteiger partial charge in [-0.25, -0.2) is 4.79 Å². The Kier molecular flexibility index (Phi) is 9.73. The van der Waals surface area contributed by atoms with Gasteiger partial charge >= 0.3 is 39.1 Å². The molecule has 1 aromatic heterocycles. The van der Waals surface area contributed by atoms with E-state index < -0.39 is 55.8 Å². The summed E-state index contributed by atoms with van der Waals surface area (Å²) in [6, 6.07) is 10.3. The molecule has 3 aromatic carbocycles. The number of alkyl halides is 9. The normalized spacial score (nSPS) is 13.5. The van der Waals surface area contributed by atoms with Crippen molar-refractivity contribution < 1.29 is 56.9 Å². The zero-order valence-corrected chi connectivity index (χ0v) is 27.6. The van der Waals surface area contributed by atoms with Gasteiger partial charge in [-0.2, -0.15) is 47.9 Å². The van der Waals surface area contributed by atoms with Gasteiger partial charge in [0.15, 0.2) is 0 Å². The van der Waals surface area contributed by atoms with Gasteiger partial charge in [0.1, 0.15) is 11.5 Å². The van der Waals surface area contributed by atoms with E-state index in [4.69, 9.17) is 4.74 Å².